The van der Waals surface area contributed by atoms with Crippen molar-refractivity contribution in [2.75, 3.05) is 6.61 Å². The van der Waals surface area contributed by atoms with Crippen LogP contribution in [0.2, 0.25) is 0 Å². The van der Waals surface area contributed by atoms with E-state index in [0.29, 0.717) is 0 Å². The lowest BCUT2D eigenvalue weighted by Gasteiger charge is -2.36. The van der Waals surface area contributed by atoms with Crippen LogP contribution in [-0.2, 0) is 19.9 Å². The van der Waals surface area contributed by atoms with E-state index in [4.69, 9.17) is 9.47 Å². The Hall–Kier alpha value is -2.99. The molecule has 5 heteroatoms. The first-order valence-electron chi connectivity index (χ1n) is 9.88. The predicted octanol–water partition coefficient (Wildman–Crippen LogP) is 3.03. The molecule has 0 amide bonds. The SMILES string of the molecule is CC1(O)C(=O)OC(COC(c2ccccc2)(c2ccccc2)c2ccccc2)C1O. The molecule has 1 aliphatic heterocycles. The largest absolute Gasteiger partial charge is 0.455 e. The highest BCUT2D eigenvalue weighted by Gasteiger charge is 2.53. The number of hydrogen-bond acceptors (Lipinski definition) is 5. The minimum Gasteiger partial charge on any atom is -0.455 e. The summed E-state index contributed by atoms with van der Waals surface area (Å²) in [7, 11) is 0. The van der Waals surface area contributed by atoms with Crippen LogP contribution in [-0.4, -0.2) is 40.6 Å². The van der Waals surface area contributed by atoms with E-state index in [-0.39, 0.29) is 6.61 Å². The van der Waals surface area contributed by atoms with E-state index in [1.807, 2.05) is 91.0 Å². The lowest BCUT2D eigenvalue weighted by Crippen LogP contribution is -2.45. The summed E-state index contributed by atoms with van der Waals surface area (Å²) in [5, 5.41) is 20.6. The van der Waals surface area contributed by atoms with Crippen LogP contribution >= 0.6 is 0 Å². The molecule has 0 spiro atoms. The molecule has 3 unspecified atom stereocenters. The van der Waals surface area contributed by atoms with E-state index >= 15 is 0 Å². The molecule has 0 aromatic heterocycles. The van der Waals surface area contributed by atoms with Gasteiger partial charge in [0, 0.05) is 0 Å². The molecule has 1 heterocycles. The number of carbonyl (C=O) groups excluding carboxylic acids is 1. The first kappa shape index (κ1) is 20.3. The third-order valence-corrected chi connectivity index (χ3v) is 5.60. The van der Waals surface area contributed by atoms with Crippen molar-refractivity contribution in [3.05, 3.63) is 108 Å². The van der Waals surface area contributed by atoms with Crippen molar-refractivity contribution in [3.8, 4) is 0 Å². The Kier molecular flexibility index (Phi) is 5.43. The fourth-order valence-electron chi connectivity index (χ4n) is 3.90. The number of ether oxygens (including phenoxy) is 2. The number of aliphatic hydroxyl groups is 2. The summed E-state index contributed by atoms with van der Waals surface area (Å²) in [5.74, 6) is -0.853. The van der Waals surface area contributed by atoms with Crippen molar-refractivity contribution in [1.82, 2.24) is 0 Å². The third-order valence-electron chi connectivity index (χ3n) is 5.60. The van der Waals surface area contributed by atoms with Gasteiger partial charge in [-0.25, -0.2) is 4.79 Å². The van der Waals surface area contributed by atoms with Gasteiger partial charge in [0.25, 0.3) is 0 Å². The monoisotopic (exact) mass is 404 g/mol. The number of carbonyl (C=O) groups is 1. The van der Waals surface area contributed by atoms with Crippen LogP contribution in [0, 0.1) is 0 Å². The summed E-state index contributed by atoms with van der Waals surface area (Å²) in [6.07, 6.45) is -2.37. The molecule has 3 aromatic carbocycles. The van der Waals surface area contributed by atoms with E-state index < -0.39 is 29.4 Å². The molecule has 30 heavy (non-hydrogen) atoms. The van der Waals surface area contributed by atoms with E-state index in [2.05, 4.69) is 0 Å². The van der Waals surface area contributed by atoms with Crippen molar-refractivity contribution in [2.45, 2.75) is 30.3 Å². The normalized spacial score (nSPS) is 23.9. The van der Waals surface area contributed by atoms with Gasteiger partial charge < -0.3 is 19.7 Å². The number of hydrogen-bond donors (Lipinski definition) is 2. The zero-order valence-electron chi connectivity index (χ0n) is 16.6. The Morgan fingerprint density at radius 3 is 1.60 bits per heavy atom. The maximum atomic E-state index is 12.0. The maximum Gasteiger partial charge on any atom is 0.341 e. The second-order valence-corrected chi connectivity index (χ2v) is 7.63. The number of rotatable bonds is 6. The second-order valence-electron chi connectivity index (χ2n) is 7.63. The van der Waals surface area contributed by atoms with E-state index in [0.717, 1.165) is 16.7 Å². The Morgan fingerprint density at radius 1 is 0.867 bits per heavy atom. The second kappa shape index (κ2) is 8.03. The zero-order chi connectivity index (χ0) is 21.2. The van der Waals surface area contributed by atoms with E-state index in [1.54, 1.807) is 0 Å². The summed E-state index contributed by atoms with van der Waals surface area (Å²) in [4.78, 5) is 12.0. The Morgan fingerprint density at radius 2 is 1.27 bits per heavy atom. The van der Waals surface area contributed by atoms with Crippen LogP contribution in [0.5, 0.6) is 0 Å². The van der Waals surface area contributed by atoms with Crippen molar-refractivity contribution in [3.63, 3.8) is 0 Å². The molecular formula is C25H24O5. The molecule has 1 fully saturated rings. The molecule has 3 atom stereocenters. The first-order valence-corrected chi connectivity index (χ1v) is 9.88. The fraction of sp³-hybridized carbons (Fsp3) is 0.240. The average Bonchev–Trinajstić information content (AvgIpc) is 2.99. The van der Waals surface area contributed by atoms with Gasteiger partial charge in [-0.15, -0.1) is 0 Å². The highest BCUT2D eigenvalue weighted by atomic mass is 16.6. The van der Waals surface area contributed by atoms with Crippen LogP contribution in [0.3, 0.4) is 0 Å². The van der Waals surface area contributed by atoms with Crippen molar-refractivity contribution >= 4 is 5.97 Å². The first-order chi connectivity index (χ1) is 14.5. The Labute approximate surface area is 175 Å². The molecule has 5 nitrogen and oxygen atoms in total. The highest BCUT2D eigenvalue weighted by Crippen LogP contribution is 2.41. The summed E-state index contributed by atoms with van der Waals surface area (Å²) in [5.41, 5.74) is -0.262. The van der Waals surface area contributed by atoms with E-state index in [9.17, 15) is 15.0 Å². The molecule has 1 saturated heterocycles. The van der Waals surface area contributed by atoms with Crippen LogP contribution in [0.15, 0.2) is 91.0 Å². The molecule has 4 rings (SSSR count). The van der Waals surface area contributed by atoms with Gasteiger partial charge in [0.2, 0.25) is 0 Å². The molecule has 0 bridgehead atoms. The zero-order valence-corrected chi connectivity index (χ0v) is 16.6. The molecule has 0 aliphatic carbocycles. The lowest BCUT2D eigenvalue weighted by molar-refractivity contribution is -0.156. The number of aliphatic hydroxyl groups excluding tert-OH is 1. The molecule has 1 aliphatic rings. The lowest BCUT2D eigenvalue weighted by atomic mass is 9.80. The van der Waals surface area contributed by atoms with Crippen molar-refractivity contribution in [1.29, 1.82) is 0 Å². The van der Waals surface area contributed by atoms with Crippen molar-refractivity contribution in [2.24, 2.45) is 0 Å². The average molecular weight is 404 g/mol. The summed E-state index contributed by atoms with van der Waals surface area (Å²) in [6, 6.07) is 29.3. The van der Waals surface area contributed by atoms with Crippen LogP contribution in [0.25, 0.3) is 0 Å². The minimum atomic E-state index is -1.96. The van der Waals surface area contributed by atoms with Crippen LogP contribution in [0.1, 0.15) is 23.6 Å². The van der Waals surface area contributed by atoms with Gasteiger partial charge in [-0.3, -0.25) is 0 Å². The number of benzene rings is 3. The quantitative estimate of drug-likeness (QED) is 0.488. The molecule has 3 aromatic rings. The number of esters is 1. The molecule has 0 radical (unpaired) electrons. The molecule has 154 valence electrons. The van der Waals surface area contributed by atoms with Gasteiger partial charge in [-0.05, 0) is 23.6 Å². The fourth-order valence-corrected chi connectivity index (χ4v) is 3.90. The minimum absolute atomic E-state index is 0.0955. The summed E-state index contributed by atoms with van der Waals surface area (Å²) >= 11 is 0. The van der Waals surface area contributed by atoms with Crippen LogP contribution < -0.4 is 0 Å². The summed E-state index contributed by atoms with van der Waals surface area (Å²) in [6.45, 7) is 1.15. The van der Waals surface area contributed by atoms with Gasteiger partial charge in [-0.1, -0.05) is 91.0 Å². The Balaban J connectivity index is 1.81. The van der Waals surface area contributed by atoms with Gasteiger partial charge in [0.15, 0.2) is 11.7 Å². The standard InChI is InChI=1S/C25H24O5/c1-24(28)22(26)21(30-23(24)27)17-29-25(18-11-5-2-6-12-18,19-13-7-3-8-14-19)20-15-9-4-10-16-20/h2-16,21-22,26,28H,17H2,1H3. The van der Waals surface area contributed by atoms with Gasteiger partial charge in [-0.2, -0.15) is 0 Å². The highest BCUT2D eigenvalue weighted by molar-refractivity contribution is 5.82. The Bertz CT molecular complexity index is 889. The smallest absolute Gasteiger partial charge is 0.341 e. The van der Waals surface area contributed by atoms with E-state index in [1.165, 1.54) is 6.92 Å². The maximum absolute atomic E-state index is 12.0. The van der Waals surface area contributed by atoms with Crippen LogP contribution in [0.4, 0.5) is 0 Å². The predicted molar refractivity (Wildman–Crippen MR) is 112 cm³/mol. The molecule has 0 saturated carbocycles. The van der Waals surface area contributed by atoms with Gasteiger partial charge >= 0.3 is 5.97 Å². The molecular weight excluding hydrogens is 380 g/mol. The topological polar surface area (TPSA) is 76.0 Å². The van der Waals surface area contributed by atoms with Crippen molar-refractivity contribution < 1.29 is 24.5 Å². The number of cyclic esters (lactones) is 1. The third kappa shape index (κ3) is 3.41. The molecule has 2 N–H and O–H groups in total. The summed E-state index contributed by atoms with van der Waals surface area (Å²) < 4.78 is 11.8. The van der Waals surface area contributed by atoms with Gasteiger partial charge in [0.1, 0.15) is 11.7 Å². The van der Waals surface area contributed by atoms with Gasteiger partial charge in [0.05, 0.1) is 6.61 Å².